The zero-order chi connectivity index (χ0) is 15.6. The molecule has 0 saturated carbocycles. The summed E-state index contributed by atoms with van der Waals surface area (Å²) in [4.78, 5) is 27.6. The van der Waals surface area contributed by atoms with Crippen LogP contribution in [0.4, 0.5) is 17.2 Å². The summed E-state index contributed by atoms with van der Waals surface area (Å²) in [5, 5.41) is 10.8. The van der Waals surface area contributed by atoms with Crippen molar-refractivity contribution in [1.82, 2.24) is 4.98 Å². The van der Waals surface area contributed by atoms with Crippen LogP contribution in [0.5, 0.6) is 0 Å². The summed E-state index contributed by atoms with van der Waals surface area (Å²) in [7, 11) is 1.57. The molecule has 1 amide bonds. The van der Waals surface area contributed by atoms with Gasteiger partial charge in [0.05, 0.1) is 10.5 Å². The summed E-state index contributed by atoms with van der Waals surface area (Å²) in [5.74, 6) is -0.489. The van der Waals surface area contributed by atoms with E-state index in [2.05, 4.69) is 4.98 Å². The summed E-state index contributed by atoms with van der Waals surface area (Å²) >= 11 is 0. The first-order chi connectivity index (χ1) is 9.90. The third kappa shape index (κ3) is 2.97. The lowest BCUT2D eigenvalue weighted by atomic mass is 10.2. The SMILES string of the molecule is Cc1ccc(N(C)C(=O)c2cc([N+](=O)[O-])cnc2N)cc1. The van der Waals surface area contributed by atoms with Crippen LogP contribution >= 0.6 is 0 Å². The molecule has 0 radical (unpaired) electrons. The number of nitrogens with zero attached hydrogens (tertiary/aromatic N) is 3. The normalized spacial score (nSPS) is 10.2. The summed E-state index contributed by atoms with van der Waals surface area (Å²) in [6, 6.07) is 8.44. The van der Waals surface area contributed by atoms with Crippen molar-refractivity contribution < 1.29 is 9.72 Å². The lowest BCUT2D eigenvalue weighted by molar-refractivity contribution is -0.385. The average Bonchev–Trinajstić information content (AvgIpc) is 2.47. The number of carbonyl (C=O) groups is 1. The van der Waals surface area contributed by atoms with Crippen LogP contribution in [0.1, 0.15) is 15.9 Å². The van der Waals surface area contributed by atoms with Gasteiger partial charge in [0.25, 0.3) is 11.6 Å². The summed E-state index contributed by atoms with van der Waals surface area (Å²) < 4.78 is 0. The Morgan fingerprint density at radius 1 is 1.33 bits per heavy atom. The van der Waals surface area contributed by atoms with Crippen molar-refractivity contribution in [3.8, 4) is 0 Å². The van der Waals surface area contributed by atoms with Gasteiger partial charge in [0.1, 0.15) is 12.0 Å². The molecule has 2 rings (SSSR count). The van der Waals surface area contributed by atoms with Crippen molar-refractivity contribution in [2.75, 3.05) is 17.7 Å². The van der Waals surface area contributed by atoms with Gasteiger partial charge in [0.2, 0.25) is 0 Å². The van der Waals surface area contributed by atoms with Crippen LogP contribution in [0.3, 0.4) is 0 Å². The molecule has 0 aliphatic carbocycles. The van der Waals surface area contributed by atoms with Gasteiger partial charge >= 0.3 is 0 Å². The molecule has 2 N–H and O–H groups in total. The highest BCUT2D eigenvalue weighted by molar-refractivity contribution is 6.08. The fourth-order valence-electron chi connectivity index (χ4n) is 1.80. The minimum absolute atomic E-state index is 0.00674. The third-order valence-electron chi connectivity index (χ3n) is 3.07. The van der Waals surface area contributed by atoms with Gasteiger partial charge in [0, 0.05) is 18.8 Å². The number of nitrogens with two attached hydrogens (primary N) is 1. The van der Waals surface area contributed by atoms with Crippen LogP contribution in [0.25, 0.3) is 0 Å². The molecule has 0 fully saturated rings. The number of hydrogen-bond donors (Lipinski definition) is 1. The Balaban J connectivity index is 2.37. The van der Waals surface area contributed by atoms with Crippen molar-refractivity contribution in [2.24, 2.45) is 0 Å². The van der Waals surface area contributed by atoms with Gasteiger partial charge in [-0.05, 0) is 19.1 Å². The molecule has 108 valence electrons. The molecule has 0 bridgehead atoms. The predicted molar refractivity (Wildman–Crippen MR) is 79.2 cm³/mol. The quantitative estimate of drug-likeness (QED) is 0.688. The first-order valence-electron chi connectivity index (χ1n) is 6.15. The molecule has 2 aromatic rings. The number of hydrogen-bond acceptors (Lipinski definition) is 5. The van der Waals surface area contributed by atoms with Crippen LogP contribution in [-0.4, -0.2) is 22.9 Å². The Kier molecular flexibility index (Phi) is 3.84. The maximum Gasteiger partial charge on any atom is 0.288 e. The Morgan fingerprint density at radius 3 is 2.52 bits per heavy atom. The smallest absolute Gasteiger partial charge is 0.288 e. The number of amides is 1. The predicted octanol–water partition coefficient (Wildman–Crippen LogP) is 2.16. The first-order valence-corrected chi connectivity index (χ1v) is 6.15. The molecular formula is C14H14N4O3. The maximum atomic E-state index is 12.4. The molecule has 0 saturated heterocycles. The molecule has 21 heavy (non-hydrogen) atoms. The number of aromatic nitrogens is 1. The molecule has 1 aromatic carbocycles. The van der Waals surface area contributed by atoms with Crippen molar-refractivity contribution in [2.45, 2.75) is 6.92 Å². The zero-order valence-electron chi connectivity index (χ0n) is 11.6. The van der Waals surface area contributed by atoms with Crippen molar-refractivity contribution >= 4 is 23.1 Å². The zero-order valence-corrected chi connectivity index (χ0v) is 11.6. The van der Waals surface area contributed by atoms with Gasteiger partial charge in [-0.25, -0.2) is 4.98 Å². The fraction of sp³-hybridized carbons (Fsp3) is 0.143. The lowest BCUT2D eigenvalue weighted by Crippen LogP contribution is -2.27. The Bertz CT molecular complexity index is 698. The van der Waals surface area contributed by atoms with Gasteiger partial charge < -0.3 is 10.6 Å². The number of carbonyl (C=O) groups excluding carboxylic acids is 1. The fourth-order valence-corrected chi connectivity index (χ4v) is 1.80. The van der Waals surface area contributed by atoms with Gasteiger partial charge in [-0.15, -0.1) is 0 Å². The van der Waals surface area contributed by atoms with Crippen LogP contribution in [-0.2, 0) is 0 Å². The van der Waals surface area contributed by atoms with E-state index >= 15 is 0 Å². The number of nitro groups is 1. The number of nitrogen functional groups attached to an aromatic ring is 1. The standard InChI is InChI=1S/C14H14N4O3/c1-9-3-5-10(6-4-9)17(2)14(19)12-7-11(18(20)21)8-16-13(12)15/h3-8H,1-2H3,(H2,15,16). The summed E-state index contributed by atoms with van der Waals surface area (Å²) in [6.07, 6.45) is 1.03. The molecule has 0 unspecified atom stereocenters. The van der Waals surface area contributed by atoms with Gasteiger partial charge in [-0.1, -0.05) is 17.7 Å². The largest absolute Gasteiger partial charge is 0.383 e. The highest BCUT2D eigenvalue weighted by Gasteiger charge is 2.20. The average molecular weight is 286 g/mol. The van der Waals surface area contributed by atoms with Gasteiger partial charge in [-0.3, -0.25) is 14.9 Å². The van der Waals surface area contributed by atoms with Crippen molar-refractivity contribution in [3.63, 3.8) is 0 Å². The van der Waals surface area contributed by atoms with E-state index in [1.54, 1.807) is 19.2 Å². The minimum Gasteiger partial charge on any atom is -0.383 e. The second-order valence-corrected chi connectivity index (χ2v) is 4.58. The molecule has 7 heteroatoms. The number of pyridine rings is 1. The topological polar surface area (TPSA) is 102 Å². The molecule has 0 spiro atoms. The van der Waals surface area contributed by atoms with Crippen LogP contribution in [0.2, 0.25) is 0 Å². The Labute approximate surface area is 121 Å². The number of anilines is 2. The van der Waals surface area contributed by atoms with Gasteiger partial charge in [-0.2, -0.15) is 0 Å². The number of benzene rings is 1. The van der Waals surface area contributed by atoms with E-state index in [1.165, 1.54) is 4.90 Å². The Hall–Kier alpha value is -2.96. The maximum absolute atomic E-state index is 12.4. The van der Waals surface area contributed by atoms with E-state index in [4.69, 9.17) is 5.73 Å². The molecule has 0 atom stereocenters. The number of aryl methyl sites for hydroxylation is 1. The van der Waals surface area contributed by atoms with E-state index in [1.807, 2.05) is 19.1 Å². The molecule has 1 aromatic heterocycles. The van der Waals surface area contributed by atoms with E-state index < -0.39 is 10.8 Å². The van der Waals surface area contributed by atoms with Gasteiger partial charge in [0.15, 0.2) is 0 Å². The number of rotatable bonds is 3. The van der Waals surface area contributed by atoms with Crippen LogP contribution in [0, 0.1) is 17.0 Å². The molecule has 0 aliphatic heterocycles. The van der Waals surface area contributed by atoms with Crippen LogP contribution < -0.4 is 10.6 Å². The Morgan fingerprint density at radius 2 is 1.95 bits per heavy atom. The molecule has 7 nitrogen and oxygen atoms in total. The second-order valence-electron chi connectivity index (χ2n) is 4.58. The highest BCUT2D eigenvalue weighted by Crippen LogP contribution is 2.21. The monoisotopic (exact) mass is 286 g/mol. The summed E-state index contributed by atoms with van der Waals surface area (Å²) in [6.45, 7) is 1.94. The minimum atomic E-state index is -0.616. The third-order valence-corrected chi connectivity index (χ3v) is 3.07. The second kappa shape index (κ2) is 5.58. The highest BCUT2D eigenvalue weighted by atomic mass is 16.6. The van der Waals surface area contributed by atoms with E-state index in [9.17, 15) is 14.9 Å². The van der Waals surface area contributed by atoms with E-state index in [0.717, 1.165) is 17.8 Å². The summed E-state index contributed by atoms with van der Waals surface area (Å²) in [5.41, 5.74) is 7.11. The van der Waals surface area contributed by atoms with Crippen LogP contribution in [0.15, 0.2) is 36.5 Å². The molecular weight excluding hydrogens is 272 g/mol. The molecule has 0 aliphatic rings. The van der Waals surface area contributed by atoms with Crippen molar-refractivity contribution in [3.05, 3.63) is 57.8 Å². The first kappa shape index (κ1) is 14.4. The van der Waals surface area contributed by atoms with E-state index in [-0.39, 0.29) is 17.1 Å². The lowest BCUT2D eigenvalue weighted by Gasteiger charge is -2.18. The van der Waals surface area contributed by atoms with Crippen molar-refractivity contribution in [1.29, 1.82) is 0 Å². The van der Waals surface area contributed by atoms with E-state index in [0.29, 0.717) is 5.69 Å². The molecule has 1 heterocycles.